The molecule has 4 rings (SSSR count). The number of amides is 3. The van der Waals surface area contributed by atoms with E-state index >= 15 is 0 Å². The molecule has 9 nitrogen and oxygen atoms in total. The van der Waals surface area contributed by atoms with Gasteiger partial charge in [0.25, 0.3) is 0 Å². The lowest BCUT2D eigenvalue weighted by atomic mass is 9.87. The van der Waals surface area contributed by atoms with Crippen LogP contribution >= 0.6 is 0 Å². The lowest BCUT2D eigenvalue weighted by molar-refractivity contribution is -0.117. The summed E-state index contributed by atoms with van der Waals surface area (Å²) >= 11 is 0. The molecule has 4 N–H and O–H groups in total. The number of rotatable bonds is 4. The fourth-order valence-corrected chi connectivity index (χ4v) is 3.61. The Labute approximate surface area is 181 Å². The number of nitrogens with zero attached hydrogens (tertiary/aromatic N) is 3. The zero-order valence-corrected chi connectivity index (χ0v) is 17.6. The minimum Gasteiger partial charge on any atom is -0.351 e. The molecule has 1 saturated carbocycles. The third-order valence-corrected chi connectivity index (χ3v) is 5.70. The number of halogens is 3. The number of aromatic nitrogens is 2. The van der Waals surface area contributed by atoms with Gasteiger partial charge in [0.05, 0.1) is 11.4 Å². The highest BCUT2D eigenvalue weighted by Crippen LogP contribution is 2.33. The molecular formula is C20H22F3N7O2. The second kappa shape index (κ2) is 8.17. The Bertz CT molecular complexity index is 1090. The van der Waals surface area contributed by atoms with Crippen molar-refractivity contribution in [1.82, 2.24) is 15.3 Å². The van der Waals surface area contributed by atoms with Crippen molar-refractivity contribution in [2.45, 2.75) is 44.8 Å². The molecule has 3 amide bonds. The van der Waals surface area contributed by atoms with Gasteiger partial charge in [-0.3, -0.25) is 4.79 Å². The molecule has 1 aromatic heterocycles. The van der Waals surface area contributed by atoms with Crippen molar-refractivity contribution in [2.75, 3.05) is 27.9 Å². The molecule has 1 aliphatic heterocycles. The van der Waals surface area contributed by atoms with E-state index in [9.17, 15) is 22.8 Å². The SMILES string of the molecule is Cc1nc(NC2CC(NC(=O)Nc3ccc(F)c(F)c3F)C2)nc2c1NC(=O)[C@H](C)N2C. The van der Waals surface area contributed by atoms with Crippen LogP contribution in [0.1, 0.15) is 25.5 Å². The largest absolute Gasteiger partial charge is 0.351 e. The van der Waals surface area contributed by atoms with Crippen molar-refractivity contribution in [3.63, 3.8) is 0 Å². The molecule has 12 heteroatoms. The molecule has 1 aromatic carbocycles. The number of likely N-dealkylation sites (N-methyl/N-ethyl adjacent to an activating group) is 1. The van der Waals surface area contributed by atoms with Gasteiger partial charge in [-0.1, -0.05) is 0 Å². The Kier molecular flexibility index (Phi) is 5.53. The second-order valence-electron chi connectivity index (χ2n) is 7.94. The van der Waals surface area contributed by atoms with E-state index in [1.807, 2.05) is 0 Å². The van der Waals surface area contributed by atoms with Crippen LogP contribution in [-0.2, 0) is 4.79 Å². The molecular weight excluding hydrogens is 427 g/mol. The van der Waals surface area contributed by atoms with E-state index < -0.39 is 29.2 Å². The molecule has 2 aromatic rings. The number of nitrogens with one attached hydrogen (secondary N) is 4. The second-order valence-corrected chi connectivity index (χ2v) is 7.94. The minimum atomic E-state index is -1.64. The number of anilines is 4. The van der Waals surface area contributed by atoms with Gasteiger partial charge < -0.3 is 26.2 Å². The van der Waals surface area contributed by atoms with Gasteiger partial charge in [-0.15, -0.1) is 0 Å². The first-order valence-corrected chi connectivity index (χ1v) is 10.0. The quantitative estimate of drug-likeness (QED) is 0.535. The van der Waals surface area contributed by atoms with Crippen molar-refractivity contribution in [3.8, 4) is 0 Å². The number of hydrogen-bond acceptors (Lipinski definition) is 6. The summed E-state index contributed by atoms with van der Waals surface area (Å²) in [5.74, 6) is -3.52. The van der Waals surface area contributed by atoms with E-state index in [2.05, 4.69) is 31.2 Å². The first kappa shape index (κ1) is 21.7. The van der Waals surface area contributed by atoms with Gasteiger partial charge in [-0.05, 0) is 38.8 Å². The predicted octanol–water partition coefficient (Wildman–Crippen LogP) is 2.74. The van der Waals surface area contributed by atoms with Crippen molar-refractivity contribution in [3.05, 3.63) is 35.3 Å². The molecule has 0 spiro atoms. The highest BCUT2D eigenvalue weighted by molar-refractivity contribution is 6.03. The van der Waals surface area contributed by atoms with Gasteiger partial charge in [0.2, 0.25) is 11.9 Å². The van der Waals surface area contributed by atoms with Crippen LogP contribution < -0.4 is 26.2 Å². The maximum Gasteiger partial charge on any atom is 0.319 e. The minimum absolute atomic E-state index is 0.00124. The van der Waals surface area contributed by atoms with Gasteiger partial charge in [-0.2, -0.15) is 4.98 Å². The van der Waals surface area contributed by atoms with Gasteiger partial charge in [0.15, 0.2) is 23.3 Å². The van der Waals surface area contributed by atoms with E-state index in [0.717, 1.165) is 12.1 Å². The fraction of sp³-hybridized carbons (Fsp3) is 0.400. The van der Waals surface area contributed by atoms with E-state index in [0.29, 0.717) is 36.0 Å². The van der Waals surface area contributed by atoms with E-state index in [-0.39, 0.29) is 24.0 Å². The van der Waals surface area contributed by atoms with Crippen LogP contribution in [0.3, 0.4) is 0 Å². The number of fused-ring (bicyclic) bond motifs is 1. The Morgan fingerprint density at radius 3 is 2.59 bits per heavy atom. The van der Waals surface area contributed by atoms with E-state index in [1.165, 1.54) is 0 Å². The van der Waals surface area contributed by atoms with Crippen molar-refractivity contribution < 1.29 is 22.8 Å². The molecule has 1 atom stereocenters. The molecule has 32 heavy (non-hydrogen) atoms. The molecule has 0 unspecified atom stereocenters. The summed E-state index contributed by atoms with van der Waals surface area (Å²) in [6.07, 6.45) is 1.13. The Morgan fingerprint density at radius 2 is 1.88 bits per heavy atom. The Hall–Kier alpha value is -3.57. The van der Waals surface area contributed by atoms with Crippen LogP contribution in [0.15, 0.2) is 12.1 Å². The summed E-state index contributed by atoms with van der Waals surface area (Å²) < 4.78 is 39.9. The van der Waals surface area contributed by atoms with Gasteiger partial charge in [-0.25, -0.2) is 22.9 Å². The van der Waals surface area contributed by atoms with E-state index in [1.54, 1.807) is 25.8 Å². The third kappa shape index (κ3) is 3.99. The van der Waals surface area contributed by atoms with Gasteiger partial charge in [0, 0.05) is 19.1 Å². The summed E-state index contributed by atoms with van der Waals surface area (Å²) in [5.41, 5.74) is 0.765. The predicted molar refractivity (Wildman–Crippen MR) is 112 cm³/mol. The maximum atomic E-state index is 13.7. The first-order valence-electron chi connectivity index (χ1n) is 10.0. The third-order valence-electron chi connectivity index (χ3n) is 5.70. The first-order chi connectivity index (χ1) is 15.1. The highest BCUT2D eigenvalue weighted by atomic mass is 19.2. The number of urea groups is 1. The van der Waals surface area contributed by atoms with Crippen molar-refractivity contribution in [2.24, 2.45) is 0 Å². The molecule has 0 saturated heterocycles. The Morgan fingerprint density at radius 1 is 1.16 bits per heavy atom. The Balaban J connectivity index is 1.32. The highest BCUT2D eigenvalue weighted by Gasteiger charge is 2.33. The van der Waals surface area contributed by atoms with Crippen molar-refractivity contribution >= 4 is 35.1 Å². The van der Waals surface area contributed by atoms with Crippen LogP contribution in [0.4, 0.5) is 41.1 Å². The monoisotopic (exact) mass is 449 g/mol. The van der Waals surface area contributed by atoms with Crippen LogP contribution in [-0.4, -0.2) is 47.1 Å². The molecule has 1 fully saturated rings. The average Bonchev–Trinajstić information content (AvgIpc) is 2.72. The summed E-state index contributed by atoms with van der Waals surface area (Å²) in [6.45, 7) is 3.56. The average molecular weight is 449 g/mol. The summed E-state index contributed by atoms with van der Waals surface area (Å²) in [5, 5.41) is 10.9. The van der Waals surface area contributed by atoms with Crippen LogP contribution in [0.5, 0.6) is 0 Å². The number of hydrogen-bond donors (Lipinski definition) is 4. The fourth-order valence-electron chi connectivity index (χ4n) is 3.61. The number of carbonyl (C=O) groups is 2. The summed E-state index contributed by atoms with van der Waals surface area (Å²) in [6, 6.07) is 0.418. The molecule has 0 radical (unpaired) electrons. The van der Waals surface area contributed by atoms with Crippen LogP contribution in [0, 0.1) is 24.4 Å². The zero-order chi connectivity index (χ0) is 23.2. The molecule has 2 aliphatic rings. The molecule has 170 valence electrons. The normalized spacial score (nSPS) is 21.9. The smallest absolute Gasteiger partial charge is 0.319 e. The van der Waals surface area contributed by atoms with Crippen LogP contribution in [0.2, 0.25) is 0 Å². The number of benzene rings is 1. The zero-order valence-electron chi connectivity index (χ0n) is 17.6. The van der Waals surface area contributed by atoms with E-state index in [4.69, 9.17) is 0 Å². The lowest BCUT2D eigenvalue weighted by Crippen LogP contribution is -2.51. The molecule has 0 bridgehead atoms. The molecule has 2 heterocycles. The standard InChI is InChI=1S/C20H22F3N7O2/c1-8-16-17(30(3)9(2)18(31)28-16)29-19(24-8)25-10-6-11(7-10)26-20(32)27-13-5-4-12(21)14(22)15(13)23/h4-5,9-11H,6-7H2,1-3H3,(H,28,31)(H,24,25,29)(H2,26,27,32)/t9-,10?,11?/m0/s1. The molecule has 1 aliphatic carbocycles. The summed E-state index contributed by atoms with van der Waals surface area (Å²) in [4.78, 5) is 34.7. The van der Waals surface area contributed by atoms with Gasteiger partial charge >= 0.3 is 6.03 Å². The summed E-state index contributed by atoms with van der Waals surface area (Å²) in [7, 11) is 1.79. The topological polar surface area (TPSA) is 111 Å². The van der Waals surface area contributed by atoms with Gasteiger partial charge in [0.1, 0.15) is 11.7 Å². The lowest BCUT2D eigenvalue weighted by Gasteiger charge is -2.37. The van der Waals surface area contributed by atoms with Crippen LogP contribution in [0.25, 0.3) is 0 Å². The van der Waals surface area contributed by atoms with Crippen molar-refractivity contribution in [1.29, 1.82) is 0 Å². The number of aryl methyl sites for hydroxylation is 1. The maximum absolute atomic E-state index is 13.7. The number of carbonyl (C=O) groups excluding carboxylic acids is 2.